The SMILES string of the molecule is COc1ccc(OC)c(C2C(=C([O-])c3ccc(OC(C)C)cc3C)C(=O)C(=O)N2Cc2ccc[nH+]c2)c1. The van der Waals surface area contributed by atoms with Crippen molar-refractivity contribution in [1.29, 1.82) is 0 Å². The Morgan fingerprint density at radius 3 is 2.43 bits per heavy atom. The zero-order valence-corrected chi connectivity index (χ0v) is 21.5. The first-order valence-corrected chi connectivity index (χ1v) is 12.0. The first-order chi connectivity index (χ1) is 17.7. The van der Waals surface area contributed by atoms with Crippen molar-refractivity contribution in [3.63, 3.8) is 0 Å². The molecule has 3 aromatic rings. The van der Waals surface area contributed by atoms with Crippen LogP contribution in [0.5, 0.6) is 17.2 Å². The molecule has 0 bridgehead atoms. The third kappa shape index (κ3) is 5.14. The lowest BCUT2D eigenvalue weighted by molar-refractivity contribution is -0.378. The molecule has 4 rings (SSSR count). The van der Waals surface area contributed by atoms with Crippen molar-refractivity contribution in [2.45, 2.75) is 39.5 Å². The summed E-state index contributed by atoms with van der Waals surface area (Å²) in [6.07, 6.45) is 3.47. The Morgan fingerprint density at radius 2 is 1.81 bits per heavy atom. The molecule has 1 unspecified atom stereocenters. The summed E-state index contributed by atoms with van der Waals surface area (Å²) in [7, 11) is 3.02. The van der Waals surface area contributed by atoms with E-state index in [-0.39, 0.29) is 18.2 Å². The zero-order valence-electron chi connectivity index (χ0n) is 21.5. The summed E-state index contributed by atoms with van der Waals surface area (Å²) in [5, 5.41) is 13.9. The summed E-state index contributed by atoms with van der Waals surface area (Å²) in [5.41, 5.74) is 2.10. The number of aryl methyl sites for hydroxylation is 1. The van der Waals surface area contributed by atoms with E-state index in [1.165, 1.54) is 19.1 Å². The maximum absolute atomic E-state index is 13.9. The predicted molar refractivity (Wildman–Crippen MR) is 135 cm³/mol. The van der Waals surface area contributed by atoms with E-state index < -0.39 is 23.5 Å². The minimum atomic E-state index is -0.969. The van der Waals surface area contributed by atoms with Gasteiger partial charge in [-0.05, 0) is 68.3 Å². The molecule has 1 N–H and O–H groups in total. The fraction of sp³-hybridized carbons (Fsp3) is 0.276. The molecule has 1 saturated heterocycles. The van der Waals surface area contributed by atoms with Gasteiger partial charge in [0, 0.05) is 22.8 Å². The van der Waals surface area contributed by atoms with Crippen molar-refractivity contribution in [3.05, 3.63) is 88.8 Å². The van der Waals surface area contributed by atoms with Crippen LogP contribution in [0.3, 0.4) is 0 Å². The van der Waals surface area contributed by atoms with E-state index in [2.05, 4.69) is 4.98 Å². The summed E-state index contributed by atoms with van der Waals surface area (Å²) < 4.78 is 16.7. The Kier molecular flexibility index (Phi) is 7.47. The lowest BCUT2D eigenvalue weighted by Crippen LogP contribution is -2.30. The van der Waals surface area contributed by atoms with Crippen molar-refractivity contribution in [3.8, 4) is 17.2 Å². The average Bonchev–Trinajstić information content (AvgIpc) is 3.13. The van der Waals surface area contributed by atoms with Gasteiger partial charge in [-0.3, -0.25) is 9.59 Å². The Balaban J connectivity index is 1.91. The number of likely N-dealkylation sites (tertiary alicyclic amines) is 1. The zero-order chi connectivity index (χ0) is 26.7. The number of hydrogen-bond donors (Lipinski definition) is 0. The van der Waals surface area contributed by atoms with Crippen LogP contribution < -0.4 is 24.3 Å². The molecule has 2 heterocycles. The highest BCUT2D eigenvalue weighted by Gasteiger charge is 2.45. The number of methoxy groups -OCH3 is 2. The van der Waals surface area contributed by atoms with E-state index in [0.29, 0.717) is 33.9 Å². The number of benzene rings is 2. The number of ketones is 1. The molecule has 1 fully saturated rings. The van der Waals surface area contributed by atoms with Crippen molar-refractivity contribution in [1.82, 2.24) is 4.90 Å². The number of aromatic amines is 1. The van der Waals surface area contributed by atoms with E-state index in [1.54, 1.807) is 61.8 Å². The second kappa shape index (κ2) is 10.7. The molecular formula is C29H30N2O6. The lowest BCUT2D eigenvalue weighted by Gasteiger charge is -2.29. The maximum atomic E-state index is 13.9. The highest BCUT2D eigenvalue weighted by atomic mass is 16.5. The molecule has 1 aliphatic heterocycles. The van der Waals surface area contributed by atoms with Crippen molar-refractivity contribution in [2.75, 3.05) is 14.2 Å². The number of nitrogens with one attached hydrogen (secondary N) is 1. The number of carbonyl (C=O) groups is 2. The van der Waals surface area contributed by atoms with Gasteiger partial charge in [0.15, 0.2) is 12.4 Å². The van der Waals surface area contributed by atoms with E-state index in [4.69, 9.17) is 14.2 Å². The molecule has 1 atom stereocenters. The van der Waals surface area contributed by atoms with Gasteiger partial charge in [-0.1, -0.05) is 11.8 Å². The topological polar surface area (TPSA) is 102 Å². The summed E-state index contributed by atoms with van der Waals surface area (Å²) in [6, 6.07) is 12.9. The summed E-state index contributed by atoms with van der Waals surface area (Å²) in [6.45, 7) is 5.72. The van der Waals surface area contributed by atoms with Crippen molar-refractivity contribution < 1.29 is 33.9 Å². The number of rotatable bonds is 8. The minimum Gasteiger partial charge on any atom is -0.872 e. The van der Waals surface area contributed by atoms with Gasteiger partial charge >= 0.3 is 0 Å². The molecule has 192 valence electrons. The van der Waals surface area contributed by atoms with Crippen LogP contribution in [-0.2, 0) is 16.1 Å². The van der Waals surface area contributed by atoms with Crippen LogP contribution in [0.2, 0.25) is 0 Å². The van der Waals surface area contributed by atoms with Gasteiger partial charge in [0.1, 0.15) is 17.2 Å². The van der Waals surface area contributed by atoms with E-state index in [9.17, 15) is 14.7 Å². The molecular weight excluding hydrogens is 472 g/mol. The van der Waals surface area contributed by atoms with Gasteiger partial charge in [-0.25, -0.2) is 4.98 Å². The molecule has 0 saturated carbocycles. The molecule has 1 aromatic heterocycles. The van der Waals surface area contributed by atoms with Gasteiger partial charge in [0.2, 0.25) is 5.78 Å². The number of aromatic nitrogens is 1. The fourth-order valence-electron chi connectivity index (χ4n) is 4.52. The third-order valence-electron chi connectivity index (χ3n) is 6.20. The highest BCUT2D eigenvalue weighted by Crippen LogP contribution is 2.44. The number of pyridine rings is 1. The summed E-state index contributed by atoms with van der Waals surface area (Å²) >= 11 is 0. The summed E-state index contributed by atoms with van der Waals surface area (Å²) in [5.74, 6) is -0.532. The monoisotopic (exact) mass is 502 g/mol. The first-order valence-electron chi connectivity index (χ1n) is 12.0. The molecule has 8 heteroatoms. The second-order valence-electron chi connectivity index (χ2n) is 9.07. The minimum absolute atomic E-state index is 0.0296. The van der Waals surface area contributed by atoms with Crippen LogP contribution in [0.4, 0.5) is 0 Å². The number of amides is 1. The largest absolute Gasteiger partial charge is 0.872 e. The molecule has 1 aliphatic rings. The standard InChI is InChI=1S/C29H30N2O6/c1-17(2)37-21-8-10-22(18(3)13-21)27(32)25-26(23-14-20(35-4)9-11-24(23)36-5)31(29(34)28(25)33)16-19-7-6-12-30-15-19/h6-15,17,26,32H,16H2,1-5H3. The molecule has 2 aromatic carbocycles. The van der Waals surface area contributed by atoms with Crippen LogP contribution >= 0.6 is 0 Å². The Hall–Kier alpha value is -4.33. The second-order valence-corrected chi connectivity index (χ2v) is 9.07. The van der Waals surface area contributed by atoms with Gasteiger partial charge in [0.05, 0.1) is 32.9 Å². The number of Topliss-reactive ketones (excluding diaryl/α,β-unsaturated/α-hetero) is 1. The van der Waals surface area contributed by atoms with E-state index >= 15 is 0 Å². The average molecular weight is 503 g/mol. The van der Waals surface area contributed by atoms with Crippen LogP contribution in [0.15, 0.2) is 66.5 Å². The van der Waals surface area contributed by atoms with Gasteiger partial charge in [-0.15, -0.1) is 0 Å². The van der Waals surface area contributed by atoms with Gasteiger partial charge in [0.25, 0.3) is 5.91 Å². The van der Waals surface area contributed by atoms with Crippen LogP contribution in [0.1, 0.15) is 42.1 Å². The molecule has 0 aliphatic carbocycles. The molecule has 1 amide bonds. The molecule has 0 spiro atoms. The quantitative estimate of drug-likeness (QED) is 0.267. The molecule has 8 nitrogen and oxygen atoms in total. The Morgan fingerprint density at radius 1 is 1.05 bits per heavy atom. The normalized spacial score (nSPS) is 16.8. The summed E-state index contributed by atoms with van der Waals surface area (Å²) in [4.78, 5) is 31.2. The lowest BCUT2D eigenvalue weighted by atomic mass is 9.93. The number of carbonyl (C=O) groups excluding carboxylic acids is 2. The van der Waals surface area contributed by atoms with Crippen LogP contribution in [0, 0.1) is 6.92 Å². The van der Waals surface area contributed by atoms with Crippen LogP contribution in [-0.4, -0.2) is 36.9 Å². The number of H-pyrrole nitrogens is 1. The Bertz CT molecular complexity index is 1350. The van der Waals surface area contributed by atoms with Crippen molar-refractivity contribution in [2.24, 2.45) is 0 Å². The fourth-order valence-corrected chi connectivity index (χ4v) is 4.52. The number of hydrogen-bond acceptors (Lipinski definition) is 6. The van der Waals surface area contributed by atoms with Gasteiger partial charge in [-0.2, -0.15) is 0 Å². The number of nitrogens with zero attached hydrogens (tertiary/aromatic N) is 1. The van der Waals surface area contributed by atoms with E-state index in [0.717, 1.165) is 5.56 Å². The number of ether oxygens (including phenoxy) is 3. The van der Waals surface area contributed by atoms with E-state index in [1.807, 2.05) is 19.9 Å². The molecule has 0 radical (unpaired) electrons. The highest BCUT2D eigenvalue weighted by molar-refractivity contribution is 6.46. The Labute approximate surface area is 216 Å². The predicted octanol–water partition coefficient (Wildman–Crippen LogP) is 3.04. The van der Waals surface area contributed by atoms with Crippen molar-refractivity contribution >= 4 is 17.4 Å². The smallest absolute Gasteiger partial charge is 0.295 e. The van der Waals surface area contributed by atoms with Crippen LogP contribution in [0.25, 0.3) is 5.76 Å². The van der Waals surface area contributed by atoms with Gasteiger partial charge < -0.3 is 24.2 Å². The first kappa shape index (κ1) is 25.8. The third-order valence-corrected chi connectivity index (χ3v) is 6.20. The molecule has 37 heavy (non-hydrogen) atoms. The maximum Gasteiger partial charge on any atom is 0.295 e.